The third kappa shape index (κ3) is 2.47. The van der Waals surface area contributed by atoms with E-state index in [4.69, 9.17) is 11.6 Å². The van der Waals surface area contributed by atoms with Crippen molar-refractivity contribution in [2.24, 2.45) is 0 Å². The summed E-state index contributed by atoms with van der Waals surface area (Å²) in [7, 11) is 0. The van der Waals surface area contributed by atoms with Gasteiger partial charge in [0.2, 0.25) is 0 Å². The number of hydrogen-bond donors (Lipinski definition) is 2. The van der Waals surface area contributed by atoms with Crippen molar-refractivity contribution < 1.29 is 5.11 Å². The lowest BCUT2D eigenvalue weighted by atomic mass is 10.1. The SMILES string of the molecule is OCC(Nc1ncnc2scc(Cl)c12)c1ccccc1. The van der Waals surface area contributed by atoms with Crippen LogP contribution in [0.25, 0.3) is 10.2 Å². The van der Waals surface area contributed by atoms with E-state index in [2.05, 4.69) is 15.3 Å². The fourth-order valence-corrected chi connectivity index (χ4v) is 3.17. The summed E-state index contributed by atoms with van der Waals surface area (Å²) in [5, 5.41) is 16.1. The Kier molecular flexibility index (Phi) is 3.82. The molecule has 102 valence electrons. The molecule has 0 fully saturated rings. The maximum atomic E-state index is 9.60. The first-order valence-electron chi connectivity index (χ1n) is 6.09. The predicted molar refractivity (Wildman–Crippen MR) is 82.3 cm³/mol. The molecule has 0 saturated carbocycles. The Morgan fingerprint density at radius 2 is 2.05 bits per heavy atom. The molecule has 2 aromatic heterocycles. The molecule has 0 aliphatic rings. The van der Waals surface area contributed by atoms with Gasteiger partial charge < -0.3 is 10.4 Å². The molecule has 20 heavy (non-hydrogen) atoms. The van der Waals surface area contributed by atoms with Crippen LogP contribution in [0.15, 0.2) is 42.0 Å². The van der Waals surface area contributed by atoms with Crippen molar-refractivity contribution >= 4 is 39.0 Å². The second-order valence-electron chi connectivity index (χ2n) is 4.28. The quantitative estimate of drug-likeness (QED) is 0.774. The lowest BCUT2D eigenvalue weighted by Gasteiger charge is -2.17. The van der Waals surface area contributed by atoms with Crippen LogP contribution in [-0.4, -0.2) is 21.7 Å². The van der Waals surface area contributed by atoms with Gasteiger partial charge in [-0.2, -0.15) is 0 Å². The lowest BCUT2D eigenvalue weighted by molar-refractivity contribution is 0.276. The topological polar surface area (TPSA) is 58.0 Å². The van der Waals surface area contributed by atoms with E-state index >= 15 is 0 Å². The highest BCUT2D eigenvalue weighted by Gasteiger charge is 2.15. The molecule has 0 amide bonds. The van der Waals surface area contributed by atoms with E-state index in [1.165, 1.54) is 17.7 Å². The van der Waals surface area contributed by atoms with Crippen molar-refractivity contribution in [3.05, 3.63) is 52.6 Å². The number of anilines is 1. The number of hydrogen-bond acceptors (Lipinski definition) is 5. The van der Waals surface area contributed by atoms with Crippen LogP contribution in [0.4, 0.5) is 5.82 Å². The highest BCUT2D eigenvalue weighted by Crippen LogP contribution is 2.34. The number of halogens is 1. The number of nitrogens with one attached hydrogen (secondary N) is 1. The fourth-order valence-electron chi connectivity index (χ4n) is 2.03. The van der Waals surface area contributed by atoms with Gasteiger partial charge in [-0.05, 0) is 5.56 Å². The molecule has 1 unspecified atom stereocenters. The van der Waals surface area contributed by atoms with Gasteiger partial charge in [0.1, 0.15) is 17.0 Å². The van der Waals surface area contributed by atoms with Crippen molar-refractivity contribution in [2.45, 2.75) is 6.04 Å². The molecular formula is C14H12ClN3OS. The molecule has 2 N–H and O–H groups in total. The summed E-state index contributed by atoms with van der Waals surface area (Å²) in [6, 6.07) is 9.50. The van der Waals surface area contributed by atoms with Crippen molar-refractivity contribution in [3.8, 4) is 0 Å². The Balaban J connectivity index is 1.98. The molecule has 0 aliphatic carbocycles. The average Bonchev–Trinajstić information content (AvgIpc) is 2.88. The molecule has 1 atom stereocenters. The number of fused-ring (bicyclic) bond motifs is 1. The molecule has 1 aromatic carbocycles. The number of rotatable bonds is 4. The van der Waals surface area contributed by atoms with Crippen molar-refractivity contribution in [2.75, 3.05) is 11.9 Å². The molecule has 0 aliphatic heterocycles. The summed E-state index contributed by atoms with van der Waals surface area (Å²) < 4.78 is 0. The van der Waals surface area contributed by atoms with Crippen LogP contribution in [0.5, 0.6) is 0 Å². The first kappa shape index (κ1) is 13.3. The van der Waals surface area contributed by atoms with Gasteiger partial charge in [-0.25, -0.2) is 9.97 Å². The molecule has 4 nitrogen and oxygen atoms in total. The summed E-state index contributed by atoms with van der Waals surface area (Å²) >= 11 is 7.65. The summed E-state index contributed by atoms with van der Waals surface area (Å²) in [5.74, 6) is 0.643. The van der Waals surface area contributed by atoms with Crippen LogP contribution in [0.3, 0.4) is 0 Å². The fraction of sp³-hybridized carbons (Fsp3) is 0.143. The van der Waals surface area contributed by atoms with E-state index in [0.717, 1.165) is 15.8 Å². The molecule has 2 heterocycles. The van der Waals surface area contributed by atoms with E-state index in [9.17, 15) is 5.11 Å². The number of aliphatic hydroxyl groups excluding tert-OH is 1. The number of thiophene rings is 1. The van der Waals surface area contributed by atoms with Crippen LogP contribution in [0.1, 0.15) is 11.6 Å². The second kappa shape index (κ2) is 5.75. The normalized spacial score (nSPS) is 12.5. The van der Waals surface area contributed by atoms with Crippen molar-refractivity contribution in [1.82, 2.24) is 9.97 Å². The monoisotopic (exact) mass is 305 g/mol. The number of aromatic nitrogens is 2. The lowest BCUT2D eigenvalue weighted by Crippen LogP contribution is -2.15. The van der Waals surface area contributed by atoms with Crippen molar-refractivity contribution in [1.29, 1.82) is 0 Å². The number of aliphatic hydroxyl groups is 1. The van der Waals surface area contributed by atoms with E-state index in [0.29, 0.717) is 10.8 Å². The smallest absolute Gasteiger partial charge is 0.140 e. The first-order valence-corrected chi connectivity index (χ1v) is 7.35. The molecule has 6 heteroatoms. The van der Waals surface area contributed by atoms with Crippen LogP contribution >= 0.6 is 22.9 Å². The van der Waals surface area contributed by atoms with Crippen LogP contribution in [0.2, 0.25) is 5.02 Å². The molecule has 0 saturated heterocycles. The number of benzene rings is 1. The van der Waals surface area contributed by atoms with Gasteiger partial charge >= 0.3 is 0 Å². The Hall–Kier alpha value is -1.69. The summed E-state index contributed by atoms with van der Waals surface area (Å²) in [6.07, 6.45) is 1.50. The zero-order valence-electron chi connectivity index (χ0n) is 10.5. The molecule has 0 spiro atoms. The highest BCUT2D eigenvalue weighted by atomic mass is 35.5. The molecular weight excluding hydrogens is 294 g/mol. The molecule has 0 radical (unpaired) electrons. The van der Waals surface area contributed by atoms with Crippen LogP contribution in [-0.2, 0) is 0 Å². The maximum Gasteiger partial charge on any atom is 0.140 e. The molecule has 3 aromatic rings. The predicted octanol–water partition coefficient (Wildman–Crippen LogP) is 3.49. The first-order chi connectivity index (χ1) is 9.79. The van der Waals surface area contributed by atoms with Gasteiger partial charge in [0, 0.05) is 5.38 Å². The maximum absolute atomic E-state index is 9.60. The Morgan fingerprint density at radius 3 is 2.80 bits per heavy atom. The Morgan fingerprint density at radius 1 is 1.25 bits per heavy atom. The zero-order chi connectivity index (χ0) is 13.9. The zero-order valence-corrected chi connectivity index (χ0v) is 12.0. The molecule has 0 bridgehead atoms. The van der Waals surface area contributed by atoms with Crippen LogP contribution < -0.4 is 5.32 Å². The van der Waals surface area contributed by atoms with E-state index in [-0.39, 0.29) is 12.6 Å². The van der Waals surface area contributed by atoms with E-state index in [1.54, 1.807) is 0 Å². The molecule has 3 rings (SSSR count). The van der Waals surface area contributed by atoms with Gasteiger partial charge in [-0.15, -0.1) is 11.3 Å². The Labute approximate surface area is 125 Å². The van der Waals surface area contributed by atoms with Gasteiger partial charge in [0.05, 0.1) is 23.1 Å². The van der Waals surface area contributed by atoms with E-state index in [1.807, 2.05) is 35.7 Å². The highest BCUT2D eigenvalue weighted by molar-refractivity contribution is 7.17. The van der Waals surface area contributed by atoms with Crippen LogP contribution in [0, 0.1) is 0 Å². The van der Waals surface area contributed by atoms with Crippen molar-refractivity contribution in [3.63, 3.8) is 0 Å². The summed E-state index contributed by atoms with van der Waals surface area (Å²) in [5.41, 5.74) is 0.994. The standard InChI is InChI=1S/C14H12ClN3OS/c15-10-7-20-14-12(10)13(16-8-17-14)18-11(6-19)9-4-2-1-3-5-9/h1-5,7-8,11,19H,6H2,(H,16,17,18). The Bertz CT molecular complexity index is 717. The third-order valence-corrected chi connectivity index (χ3v) is 4.33. The summed E-state index contributed by atoms with van der Waals surface area (Å²) in [4.78, 5) is 9.26. The van der Waals surface area contributed by atoms with E-state index < -0.39 is 0 Å². The van der Waals surface area contributed by atoms with Gasteiger partial charge in [0.15, 0.2) is 0 Å². The average molecular weight is 306 g/mol. The minimum atomic E-state index is -0.231. The number of nitrogens with zero attached hydrogens (tertiary/aromatic N) is 2. The summed E-state index contributed by atoms with van der Waals surface area (Å²) in [6.45, 7) is -0.0305. The third-order valence-electron chi connectivity index (χ3n) is 3.02. The minimum Gasteiger partial charge on any atom is -0.394 e. The van der Waals surface area contributed by atoms with Gasteiger partial charge in [-0.1, -0.05) is 41.9 Å². The second-order valence-corrected chi connectivity index (χ2v) is 5.54. The minimum absolute atomic E-state index is 0.0305. The van der Waals surface area contributed by atoms with Gasteiger partial charge in [-0.3, -0.25) is 0 Å². The largest absolute Gasteiger partial charge is 0.394 e. The van der Waals surface area contributed by atoms with Gasteiger partial charge in [0.25, 0.3) is 0 Å².